The summed E-state index contributed by atoms with van der Waals surface area (Å²) < 4.78 is 2.62. The normalized spacial score (nSPS) is 26.2. The number of rotatable bonds is 1. The Morgan fingerprint density at radius 2 is 1.46 bits per heavy atom. The summed E-state index contributed by atoms with van der Waals surface area (Å²) in [4.78, 5) is 0. The maximum Gasteiger partial charge on any atom is 0.0541 e. The van der Waals surface area contributed by atoms with Crippen LogP contribution in [0.3, 0.4) is 0 Å². The lowest BCUT2D eigenvalue weighted by Crippen LogP contribution is -2.21. The van der Waals surface area contributed by atoms with Gasteiger partial charge in [-0.15, -0.1) is 0 Å². The van der Waals surface area contributed by atoms with E-state index >= 15 is 0 Å². The Hall–Kier alpha value is -5.40. The molecule has 4 unspecified atom stereocenters. The van der Waals surface area contributed by atoms with Crippen LogP contribution in [0.2, 0.25) is 0 Å². The van der Waals surface area contributed by atoms with Crippen LogP contribution in [0.4, 0.5) is 0 Å². The van der Waals surface area contributed by atoms with Gasteiger partial charge in [-0.25, -0.2) is 0 Å². The number of para-hydroxylation sites is 1. The van der Waals surface area contributed by atoms with Crippen molar-refractivity contribution in [2.75, 3.05) is 0 Å². The van der Waals surface area contributed by atoms with E-state index in [1.165, 1.54) is 106 Å². The molecule has 50 heavy (non-hydrogen) atoms. The van der Waals surface area contributed by atoms with Gasteiger partial charge < -0.3 is 4.57 Å². The Labute approximate surface area is 292 Å². The van der Waals surface area contributed by atoms with E-state index in [9.17, 15) is 0 Å². The molecule has 8 aliphatic carbocycles. The Balaban J connectivity index is 1.07. The monoisotopic (exact) mass is 636 g/mol. The smallest absolute Gasteiger partial charge is 0.0541 e. The molecule has 0 spiro atoms. The molecule has 4 atom stereocenters. The molecule has 13 rings (SSSR count). The number of benzene rings is 4. The summed E-state index contributed by atoms with van der Waals surface area (Å²) >= 11 is 0. The van der Waals surface area contributed by atoms with E-state index in [-0.39, 0.29) is 11.3 Å². The van der Waals surface area contributed by atoms with Gasteiger partial charge in [0.2, 0.25) is 0 Å². The Morgan fingerprint density at radius 1 is 0.680 bits per heavy atom. The van der Waals surface area contributed by atoms with Crippen molar-refractivity contribution in [3.63, 3.8) is 0 Å². The van der Waals surface area contributed by atoms with Gasteiger partial charge in [-0.3, -0.25) is 0 Å². The molecular formula is C49H34N. The van der Waals surface area contributed by atoms with Crippen molar-refractivity contribution in [3.05, 3.63) is 178 Å². The SMILES string of the molecule is CC1(C)c2c(ccc3c2C2=C(C=CC4CC24)C2=CC3=C[CH]2)-c2ccc3c(c21)c1ccccc1n3C1=CC=C2c3ccccc3C3=CC=CC1C32. The zero-order chi connectivity index (χ0) is 32.6. The van der Waals surface area contributed by atoms with Crippen LogP contribution in [0.15, 0.2) is 139 Å². The number of aromatic nitrogens is 1. The lowest BCUT2D eigenvalue weighted by molar-refractivity contribution is 0.663. The third-order valence-corrected chi connectivity index (χ3v) is 13.4. The van der Waals surface area contributed by atoms with E-state index in [2.05, 4.69) is 152 Å². The predicted molar refractivity (Wildman–Crippen MR) is 208 cm³/mol. The van der Waals surface area contributed by atoms with E-state index in [1.807, 2.05) is 0 Å². The van der Waals surface area contributed by atoms with Crippen LogP contribution in [-0.4, -0.2) is 4.57 Å². The Kier molecular flexibility index (Phi) is 4.58. The first-order valence-electron chi connectivity index (χ1n) is 18.4. The fourth-order valence-electron chi connectivity index (χ4n) is 11.4. The molecule has 0 aliphatic heterocycles. The van der Waals surface area contributed by atoms with Crippen LogP contribution in [0.5, 0.6) is 0 Å². The molecule has 2 bridgehead atoms. The average molecular weight is 637 g/mol. The van der Waals surface area contributed by atoms with E-state index < -0.39 is 0 Å². The minimum Gasteiger partial charge on any atom is -0.312 e. The van der Waals surface area contributed by atoms with Gasteiger partial charge in [0.25, 0.3) is 0 Å². The molecule has 0 N–H and O–H groups in total. The highest BCUT2D eigenvalue weighted by atomic mass is 15.0. The highest BCUT2D eigenvalue weighted by Crippen LogP contribution is 2.63. The van der Waals surface area contributed by atoms with Crippen molar-refractivity contribution in [3.8, 4) is 11.1 Å². The second-order valence-corrected chi connectivity index (χ2v) is 16.1. The van der Waals surface area contributed by atoms with E-state index in [0.29, 0.717) is 17.8 Å². The fraction of sp³-hybridized carbons (Fsp3) is 0.163. The molecular weight excluding hydrogens is 603 g/mol. The highest BCUT2D eigenvalue weighted by Gasteiger charge is 2.49. The zero-order valence-corrected chi connectivity index (χ0v) is 28.2. The molecule has 8 aliphatic rings. The zero-order valence-electron chi connectivity index (χ0n) is 28.2. The van der Waals surface area contributed by atoms with Crippen LogP contribution in [0.1, 0.15) is 53.6 Å². The van der Waals surface area contributed by atoms with Crippen molar-refractivity contribution in [2.24, 2.45) is 23.7 Å². The number of nitrogens with zero attached hydrogens (tertiary/aromatic N) is 1. The van der Waals surface area contributed by atoms with Crippen molar-refractivity contribution >= 4 is 49.8 Å². The Morgan fingerprint density at radius 3 is 2.36 bits per heavy atom. The molecule has 0 saturated heterocycles. The molecule has 1 nitrogen and oxygen atoms in total. The van der Waals surface area contributed by atoms with Gasteiger partial charge in [0, 0.05) is 40.1 Å². The van der Waals surface area contributed by atoms with E-state index in [0.717, 1.165) is 0 Å². The van der Waals surface area contributed by atoms with Crippen molar-refractivity contribution in [1.82, 2.24) is 4.57 Å². The number of fused-ring (bicyclic) bond motifs is 18. The molecule has 1 fully saturated rings. The summed E-state index contributed by atoms with van der Waals surface area (Å²) in [5, 5.41) is 2.77. The first-order chi connectivity index (χ1) is 24.6. The second kappa shape index (κ2) is 8.66. The number of allylic oxidation sites excluding steroid dienone is 16. The third kappa shape index (κ3) is 2.97. The summed E-state index contributed by atoms with van der Waals surface area (Å²) in [5.41, 5.74) is 24.2. The summed E-state index contributed by atoms with van der Waals surface area (Å²) in [6.45, 7) is 5.03. The topological polar surface area (TPSA) is 4.93 Å². The lowest BCUT2D eigenvalue weighted by Gasteiger charge is -2.32. The maximum atomic E-state index is 2.62. The summed E-state index contributed by atoms with van der Waals surface area (Å²) in [6, 6.07) is 28.0. The molecule has 4 aromatic carbocycles. The van der Waals surface area contributed by atoms with Crippen molar-refractivity contribution < 1.29 is 0 Å². The largest absolute Gasteiger partial charge is 0.312 e. The van der Waals surface area contributed by atoms with Crippen molar-refractivity contribution in [1.29, 1.82) is 0 Å². The average Bonchev–Trinajstić information content (AvgIpc) is 3.40. The molecule has 1 heterocycles. The molecule has 1 saturated carbocycles. The van der Waals surface area contributed by atoms with Crippen LogP contribution in [0, 0.1) is 30.1 Å². The Bertz CT molecular complexity index is 2790. The van der Waals surface area contributed by atoms with Crippen LogP contribution >= 0.6 is 0 Å². The van der Waals surface area contributed by atoms with Gasteiger partial charge in [0.15, 0.2) is 0 Å². The second-order valence-electron chi connectivity index (χ2n) is 16.1. The summed E-state index contributed by atoms with van der Waals surface area (Å²) in [5.74, 6) is 1.96. The number of hydrogen-bond acceptors (Lipinski definition) is 0. The first-order valence-corrected chi connectivity index (χ1v) is 18.4. The summed E-state index contributed by atoms with van der Waals surface area (Å²) in [6.07, 6.45) is 25.3. The van der Waals surface area contributed by atoms with Crippen LogP contribution < -0.4 is 0 Å². The molecule has 1 aromatic heterocycles. The quantitative estimate of drug-likeness (QED) is 0.173. The third-order valence-electron chi connectivity index (χ3n) is 13.4. The van der Waals surface area contributed by atoms with Gasteiger partial charge in [0.1, 0.15) is 0 Å². The van der Waals surface area contributed by atoms with Gasteiger partial charge in [-0.2, -0.15) is 0 Å². The number of hydrogen-bond donors (Lipinski definition) is 0. The van der Waals surface area contributed by atoms with E-state index in [1.54, 1.807) is 5.57 Å². The minimum absolute atomic E-state index is 0.172. The highest BCUT2D eigenvalue weighted by molar-refractivity contribution is 6.16. The molecule has 1 heteroatoms. The molecule has 0 amide bonds. The first kappa shape index (κ1) is 26.5. The standard InChI is InChI=1S/C49H34N/c1-49(2)47-36(35-19-18-30-27-15-14-26(24-27)29-17-16-28-25-39(28)44(29)46(30)48(35)49)21-23-42-45(47)38-10-5-6-13-40(38)50(42)41-22-20-34-32-9-4-3-8-31(32)33-11-7-12-37(41)43(33)34/h3-24,28,37,39,43H,25H2,1-2H3. The van der Waals surface area contributed by atoms with Gasteiger partial charge in [-0.1, -0.05) is 123 Å². The van der Waals surface area contributed by atoms with Gasteiger partial charge in [-0.05, 0) is 114 Å². The molecule has 235 valence electrons. The van der Waals surface area contributed by atoms with Gasteiger partial charge >= 0.3 is 0 Å². The minimum atomic E-state index is -0.172. The van der Waals surface area contributed by atoms with Crippen LogP contribution in [0.25, 0.3) is 60.9 Å². The molecule has 1 radical (unpaired) electrons. The molecule has 5 aromatic rings. The maximum absolute atomic E-state index is 2.62. The van der Waals surface area contributed by atoms with E-state index in [4.69, 9.17) is 0 Å². The van der Waals surface area contributed by atoms with Crippen molar-refractivity contribution in [2.45, 2.75) is 25.7 Å². The summed E-state index contributed by atoms with van der Waals surface area (Å²) in [7, 11) is 0. The van der Waals surface area contributed by atoms with Gasteiger partial charge in [0.05, 0.1) is 11.0 Å². The lowest BCUT2D eigenvalue weighted by atomic mass is 9.73. The predicted octanol–water partition coefficient (Wildman–Crippen LogP) is 11.7. The fourth-order valence-corrected chi connectivity index (χ4v) is 11.4. The van der Waals surface area contributed by atoms with Crippen LogP contribution in [-0.2, 0) is 5.41 Å².